The Morgan fingerprint density at radius 1 is 0.620 bits per heavy atom. The predicted octanol–water partition coefficient (Wildman–Crippen LogP) is 8.37. The second-order valence-corrected chi connectivity index (χ2v) is 12.5. The van der Waals surface area contributed by atoms with Crippen LogP contribution in [0.1, 0.15) is 38.9 Å². The van der Waals surface area contributed by atoms with Crippen LogP contribution in [0.5, 0.6) is 46.0 Å². The zero-order valence-electron chi connectivity index (χ0n) is 28.5. The van der Waals surface area contributed by atoms with Crippen LogP contribution in [0.4, 0.5) is 0 Å². The third-order valence-electron chi connectivity index (χ3n) is 9.42. The molecule has 0 radical (unpaired) electrons. The summed E-state index contributed by atoms with van der Waals surface area (Å²) < 4.78 is 37.5. The van der Waals surface area contributed by atoms with Crippen LogP contribution in [0.25, 0.3) is 0 Å². The minimum atomic E-state index is 0.433. The van der Waals surface area contributed by atoms with Gasteiger partial charge in [-0.25, -0.2) is 0 Å². The molecule has 0 aromatic heterocycles. The number of ether oxygens (including phenoxy) is 6. The Kier molecular flexibility index (Phi) is 8.59. The van der Waals surface area contributed by atoms with Gasteiger partial charge in [-0.3, -0.25) is 9.98 Å². The molecule has 6 bridgehead atoms. The number of nitrogens with zero attached hydrogens (tertiary/aromatic N) is 2. The van der Waals surface area contributed by atoms with E-state index < -0.39 is 0 Å². The first-order valence-corrected chi connectivity index (χ1v) is 16.9. The van der Waals surface area contributed by atoms with Crippen molar-refractivity contribution in [1.29, 1.82) is 0 Å². The molecule has 8 heteroatoms. The highest BCUT2D eigenvalue weighted by atomic mass is 16.5. The molecule has 0 atom stereocenters. The molecular weight excluding hydrogens is 628 g/mol. The summed E-state index contributed by atoms with van der Waals surface area (Å²) in [6.07, 6.45) is 2.76. The van der Waals surface area contributed by atoms with Crippen molar-refractivity contribution < 1.29 is 28.4 Å². The summed E-state index contributed by atoms with van der Waals surface area (Å²) >= 11 is 0. The van der Waals surface area contributed by atoms with Crippen molar-refractivity contribution in [2.45, 2.75) is 32.3 Å². The molecule has 0 saturated heterocycles. The third-order valence-corrected chi connectivity index (χ3v) is 9.42. The quantitative estimate of drug-likeness (QED) is 0.181. The topological polar surface area (TPSA) is 80.1 Å². The maximum Gasteiger partial charge on any atom is 0.204 e. The average molecular weight is 667 g/mol. The van der Waals surface area contributed by atoms with Crippen LogP contribution in [0.15, 0.2) is 101 Å². The van der Waals surface area contributed by atoms with Crippen molar-refractivity contribution in [3.63, 3.8) is 0 Å². The van der Waals surface area contributed by atoms with Crippen molar-refractivity contribution in [2.75, 3.05) is 34.4 Å². The highest BCUT2D eigenvalue weighted by Crippen LogP contribution is 2.48. The van der Waals surface area contributed by atoms with Gasteiger partial charge in [0.05, 0.1) is 27.0 Å². The van der Waals surface area contributed by atoms with E-state index in [4.69, 9.17) is 38.4 Å². The first-order valence-electron chi connectivity index (χ1n) is 16.9. The van der Waals surface area contributed by atoms with Crippen molar-refractivity contribution in [1.82, 2.24) is 0 Å². The van der Waals surface area contributed by atoms with Crippen molar-refractivity contribution in [3.05, 3.63) is 130 Å². The van der Waals surface area contributed by atoms with E-state index in [0.717, 1.165) is 69.0 Å². The number of fused-ring (bicyclic) bond motifs is 2. The summed E-state index contributed by atoms with van der Waals surface area (Å²) in [4.78, 5) is 10.0. The second kappa shape index (κ2) is 13.6. The number of rotatable bonds is 6. The number of benzene rings is 5. The molecule has 9 rings (SSSR count). The summed E-state index contributed by atoms with van der Waals surface area (Å²) in [6, 6.07) is 30.6. The third kappa shape index (κ3) is 6.13. The molecular formula is C42H38N2O6. The van der Waals surface area contributed by atoms with Crippen molar-refractivity contribution >= 4 is 11.4 Å². The zero-order valence-corrected chi connectivity index (χ0v) is 28.5. The molecule has 0 fully saturated rings. The minimum absolute atomic E-state index is 0.433. The van der Waals surface area contributed by atoms with Crippen LogP contribution in [0, 0.1) is 0 Å². The van der Waals surface area contributed by atoms with E-state index in [1.54, 1.807) is 21.3 Å². The summed E-state index contributed by atoms with van der Waals surface area (Å²) in [5.41, 5.74) is 9.31. The fourth-order valence-corrected chi connectivity index (χ4v) is 6.92. The van der Waals surface area contributed by atoms with Gasteiger partial charge in [-0.1, -0.05) is 48.5 Å². The lowest BCUT2D eigenvalue weighted by atomic mass is 9.91. The molecule has 0 aliphatic carbocycles. The van der Waals surface area contributed by atoms with Crippen LogP contribution in [0.2, 0.25) is 0 Å². The van der Waals surface area contributed by atoms with Gasteiger partial charge in [0.15, 0.2) is 34.5 Å². The Morgan fingerprint density at radius 3 is 2.10 bits per heavy atom. The van der Waals surface area contributed by atoms with E-state index in [-0.39, 0.29) is 0 Å². The van der Waals surface area contributed by atoms with Crippen molar-refractivity contribution in [3.8, 4) is 46.0 Å². The lowest BCUT2D eigenvalue weighted by Crippen LogP contribution is -2.18. The van der Waals surface area contributed by atoms with Crippen LogP contribution in [-0.4, -0.2) is 45.8 Å². The van der Waals surface area contributed by atoms with Crippen LogP contribution >= 0.6 is 0 Å². The van der Waals surface area contributed by atoms with E-state index in [0.29, 0.717) is 72.8 Å². The zero-order chi connectivity index (χ0) is 34.0. The Hall–Kier alpha value is -5.76. The molecule has 8 nitrogen and oxygen atoms in total. The molecule has 4 aliphatic rings. The van der Waals surface area contributed by atoms with Gasteiger partial charge in [-0.15, -0.1) is 0 Å². The van der Waals surface area contributed by atoms with E-state index >= 15 is 0 Å². The Balaban J connectivity index is 1.27. The summed E-state index contributed by atoms with van der Waals surface area (Å²) in [5.74, 6) is 4.93. The maximum atomic E-state index is 6.90. The number of methoxy groups -OCH3 is 3. The molecule has 4 heterocycles. The van der Waals surface area contributed by atoms with Crippen molar-refractivity contribution in [2.24, 2.45) is 9.98 Å². The molecule has 0 N–H and O–H groups in total. The summed E-state index contributed by atoms with van der Waals surface area (Å²) in [5, 5.41) is 0. The van der Waals surface area contributed by atoms with E-state index in [2.05, 4.69) is 42.5 Å². The highest BCUT2D eigenvalue weighted by Gasteiger charge is 2.29. The molecule has 4 aliphatic heterocycles. The Labute approximate surface area is 291 Å². The lowest BCUT2D eigenvalue weighted by Gasteiger charge is -2.26. The highest BCUT2D eigenvalue weighted by molar-refractivity contribution is 6.07. The molecule has 50 heavy (non-hydrogen) atoms. The van der Waals surface area contributed by atoms with Gasteiger partial charge in [-0.2, -0.15) is 0 Å². The van der Waals surface area contributed by atoms with Gasteiger partial charge >= 0.3 is 0 Å². The van der Waals surface area contributed by atoms with Gasteiger partial charge in [0.25, 0.3) is 0 Å². The molecule has 5 aromatic carbocycles. The van der Waals surface area contributed by atoms with Gasteiger partial charge in [-0.05, 0) is 83.1 Å². The molecule has 0 saturated carbocycles. The molecule has 0 amide bonds. The largest absolute Gasteiger partial charge is 0.493 e. The lowest BCUT2D eigenvalue weighted by molar-refractivity contribution is 0.291. The van der Waals surface area contributed by atoms with E-state index in [1.165, 1.54) is 0 Å². The number of hydrogen-bond acceptors (Lipinski definition) is 8. The van der Waals surface area contributed by atoms with Gasteiger partial charge < -0.3 is 28.4 Å². The molecule has 5 aromatic rings. The fraction of sp³-hybridized carbons (Fsp3) is 0.238. The van der Waals surface area contributed by atoms with Crippen LogP contribution in [-0.2, 0) is 32.3 Å². The standard InChI is InChI=1S/C42H38N2O6/c1-45-36-22-29-15-17-43-33-20-28-11-14-35(48-25-27-7-5-4-6-8-27)37(21-28)49-31-12-9-26(10-13-31)19-34-40-30(16-18-44-34)23-39(46-2)41(47-3)42(40)50-38(36)24-32(29)33/h4-14,21-24H,15-20,25H2,1-3H3. The molecule has 0 spiro atoms. The Bertz CT molecular complexity index is 2120. The monoisotopic (exact) mass is 666 g/mol. The predicted molar refractivity (Wildman–Crippen MR) is 194 cm³/mol. The Morgan fingerprint density at radius 2 is 1.32 bits per heavy atom. The van der Waals surface area contributed by atoms with Gasteiger partial charge in [0.2, 0.25) is 5.75 Å². The maximum absolute atomic E-state index is 6.90. The van der Waals surface area contributed by atoms with Crippen LogP contribution in [0.3, 0.4) is 0 Å². The average Bonchev–Trinajstić information content (AvgIpc) is 3.15. The first kappa shape index (κ1) is 31.5. The van der Waals surface area contributed by atoms with Gasteiger partial charge in [0, 0.05) is 42.8 Å². The minimum Gasteiger partial charge on any atom is -0.493 e. The molecule has 252 valence electrons. The summed E-state index contributed by atoms with van der Waals surface area (Å²) in [7, 11) is 4.95. The van der Waals surface area contributed by atoms with Gasteiger partial charge in [0.1, 0.15) is 12.4 Å². The smallest absolute Gasteiger partial charge is 0.204 e. The van der Waals surface area contributed by atoms with Crippen LogP contribution < -0.4 is 28.4 Å². The second-order valence-electron chi connectivity index (χ2n) is 12.5. The first-order chi connectivity index (χ1) is 24.6. The number of hydrogen-bond donors (Lipinski definition) is 0. The SMILES string of the molecule is COc1cc2c3cc1Oc1c(OC)c(OC)cc4c1C(=NCC4)Cc1ccc(cc1)Oc1cc(ccc1OCc1ccccc1)CC3=NCC2. The number of aliphatic imine (C=N–C) groups is 2. The molecule has 0 unspecified atom stereocenters. The van der Waals surface area contributed by atoms with E-state index in [9.17, 15) is 0 Å². The fourth-order valence-electron chi connectivity index (χ4n) is 6.92. The summed E-state index contributed by atoms with van der Waals surface area (Å²) in [6.45, 7) is 1.79. The normalized spacial score (nSPS) is 14.5. The van der Waals surface area contributed by atoms with E-state index in [1.807, 2.05) is 48.5 Å².